The number of nitrogens with zero attached hydrogens (tertiary/aromatic N) is 3. The number of fused-ring (bicyclic) bond motifs is 1. The minimum atomic E-state index is 0.127. The first-order valence-electron chi connectivity index (χ1n) is 9.77. The van der Waals surface area contributed by atoms with Crippen molar-refractivity contribution < 1.29 is 4.79 Å². The van der Waals surface area contributed by atoms with Crippen molar-refractivity contribution in [1.29, 1.82) is 0 Å². The van der Waals surface area contributed by atoms with Gasteiger partial charge in [-0.25, -0.2) is 4.98 Å². The van der Waals surface area contributed by atoms with Crippen LogP contribution in [0.15, 0.2) is 42.5 Å². The molecule has 4 nitrogen and oxygen atoms in total. The van der Waals surface area contributed by atoms with E-state index in [1.54, 1.807) is 0 Å². The van der Waals surface area contributed by atoms with Gasteiger partial charge in [-0.15, -0.1) is 0 Å². The van der Waals surface area contributed by atoms with Gasteiger partial charge in [0.15, 0.2) is 0 Å². The second-order valence-corrected chi connectivity index (χ2v) is 8.11. The summed E-state index contributed by atoms with van der Waals surface area (Å²) >= 11 is 0. The highest BCUT2D eigenvalue weighted by molar-refractivity contribution is 5.98. The molecule has 0 aliphatic carbocycles. The van der Waals surface area contributed by atoms with E-state index in [9.17, 15) is 4.79 Å². The summed E-state index contributed by atoms with van der Waals surface area (Å²) in [5.74, 6) is 1.89. The van der Waals surface area contributed by atoms with Crippen LogP contribution in [0.5, 0.6) is 0 Å². The van der Waals surface area contributed by atoms with Gasteiger partial charge in [0.2, 0.25) is 5.91 Å². The summed E-state index contributed by atoms with van der Waals surface area (Å²) in [6, 6.07) is 14.5. The largest absolute Gasteiger partial charge is 0.327 e. The Bertz CT molecular complexity index is 982. The number of anilines is 1. The van der Waals surface area contributed by atoms with Gasteiger partial charge in [-0.3, -0.25) is 4.79 Å². The van der Waals surface area contributed by atoms with Gasteiger partial charge in [-0.05, 0) is 43.0 Å². The van der Waals surface area contributed by atoms with E-state index in [4.69, 9.17) is 4.98 Å². The van der Waals surface area contributed by atoms with Crippen molar-refractivity contribution in [3.8, 4) is 0 Å². The van der Waals surface area contributed by atoms with Crippen LogP contribution in [-0.2, 0) is 11.3 Å². The zero-order valence-corrected chi connectivity index (χ0v) is 16.6. The Morgan fingerprint density at radius 1 is 1.07 bits per heavy atom. The van der Waals surface area contributed by atoms with Crippen LogP contribution in [0.2, 0.25) is 0 Å². The Morgan fingerprint density at radius 3 is 2.48 bits per heavy atom. The molecule has 1 amide bonds. The Hall–Kier alpha value is -2.62. The molecule has 0 spiro atoms. The van der Waals surface area contributed by atoms with Gasteiger partial charge in [-0.1, -0.05) is 44.2 Å². The number of aryl methyl sites for hydroxylation is 2. The summed E-state index contributed by atoms with van der Waals surface area (Å²) in [4.78, 5) is 19.8. The van der Waals surface area contributed by atoms with Gasteiger partial charge < -0.3 is 9.47 Å². The van der Waals surface area contributed by atoms with Gasteiger partial charge in [0.05, 0.1) is 11.0 Å². The normalized spacial score (nSPS) is 17.4. The maximum absolute atomic E-state index is 12.9. The van der Waals surface area contributed by atoms with E-state index >= 15 is 0 Å². The Kier molecular flexibility index (Phi) is 4.50. The molecule has 1 saturated heterocycles. The first-order valence-corrected chi connectivity index (χ1v) is 9.77. The second-order valence-electron chi connectivity index (χ2n) is 8.11. The maximum Gasteiger partial charge on any atom is 0.227 e. The number of imidazole rings is 1. The molecule has 140 valence electrons. The smallest absolute Gasteiger partial charge is 0.227 e. The van der Waals surface area contributed by atoms with Gasteiger partial charge in [0.25, 0.3) is 0 Å². The average molecular weight is 361 g/mol. The predicted molar refractivity (Wildman–Crippen MR) is 110 cm³/mol. The van der Waals surface area contributed by atoms with E-state index in [0.717, 1.165) is 34.7 Å². The number of hydrogen-bond acceptors (Lipinski definition) is 2. The zero-order chi connectivity index (χ0) is 19.1. The number of para-hydroxylation sites is 3. The van der Waals surface area contributed by atoms with Crippen LogP contribution < -0.4 is 4.90 Å². The third-order valence-corrected chi connectivity index (χ3v) is 5.43. The number of amides is 1. The summed E-state index contributed by atoms with van der Waals surface area (Å²) in [5, 5.41) is 0. The molecule has 2 heterocycles. The Balaban J connectivity index is 1.74. The molecule has 1 unspecified atom stereocenters. The van der Waals surface area contributed by atoms with Crippen molar-refractivity contribution >= 4 is 22.6 Å². The molecule has 1 aliphatic heterocycles. The molecule has 4 rings (SSSR count). The van der Waals surface area contributed by atoms with Crippen molar-refractivity contribution in [2.24, 2.45) is 5.92 Å². The van der Waals surface area contributed by atoms with Crippen LogP contribution in [0.25, 0.3) is 11.0 Å². The van der Waals surface area contributed by atoms with Crippen molar-refractivity contribution in [3.63, 3.8) is 0 Å². The third-order valence-electron chi connectivity index (χ3n) is 5.43. The number of carbonyl (C=O) groups excluding carboxylic acids is 1. The molecule has 3 aromatic rings. The number of aromatic nitrogens is 2. The van der Waals surface area contributed by atoms with Crippen LogP contribution in [0.3, 0.4) is 0 Å². The average Bonchev–Trinajstić information content (AvgIpc) is 3.16. The summed E-state index contributed by atoms with van der Waals surface area (Å²) in [7, 11) is 0. The number of carbonyl (C=O) groups is 1. The Morgan fingerprint density at radius 2 is 1.78 bits per heavy atom. The lowest BCUT2D eigenvalue weighted by Gasteiger charge is -2.22. The minimum Gasteiger partial charge on any atom is -0.327 e. The number of benzene rings is 2. The molecule has 0 N–H and O–H groups in total. The van der Waals surface area contributed by atoms with Crippen molar-refractivity contribution in [1.82, 2.24) is 9.55 Å². The van der Waals surface area contributed by atoms with E-state index in [-0.39, 0.29) is 11.8 Å². The predicted octanol–water partition coefficient (Wildman–Crippen LogP) is 4.83. The van der Waals surface area contributed by atoms with Crippen LogP contribution in [0, 0.1) is 19.8 Å². The highest BCUT2D eigenvalue weighted by Gasteiger charge is 2.35. The quantitative estimate of drug-likeness (QED) is 0.667. The van der Waals surface area contributed by atoms with Crippen LogP contribution in [0.4, 0.5) is 5.69 Å². The summed E-state index contributed by atoms with van der Waals surface area (Å²) < 4.78 is 2.33. The lowest BCUT2D eigenvalue weighted by Crippen LogP contribution is -2.26. The SMILES string of the molecule is Cc1cccc(C)c1N1CC(c2nc3ccccc3n2CC(C)C)CC1=O. The summed E-state index contributed by atoms with van der Waals surface area (Å²) in [5.41, 5.74) is 5.56. The van der Waals surface area contributed by atoms with E-state index in [1.807, 2.05) is 17.0 Å². The molecule has 27 heavy (non-hydrogen) atoms. The molecule has 4 heteroatoms. The molecule has 1 fully saturated rings. The highest BCUT2D eigenvalue weighted by atomic mass is 16.2. The Labute approximate surface area is 160 Å². The molecule has 0 bridgehead atoms. The van der Waals surface area contributed by atoms with E-state index < -0.39 is 0 Å². The van der Waals surface area contributed by atoms with Crippen molar-refractivity contribution in [2.45, 2.75) is 46.6 Å². The maximum atomic E-state index is 12.9. The first-order chi connectivity index (χ1) is 13.0. The van der Waals surface area contributed by atoms with Gasteiger partial charge in [0.1, 0.15) is 5.82 Å². The van der Waals surface area contributed by atoms with E-state index in [2.05, 4.69) is 62.6 Å². The van der Waals surface area contributed by atoms with Crippen molar-refractivity contribution in [3.05, 3.63) is 59.4 Å². The van der Waals surface area contributed by atoms with Crippen LogP contribution in [-0.4, -0.2) is 22.0 Å². The molecule has 0 radical (unpaired) electrons. The fourth-order valence-corrected chi connectivity index (χ4v) is 4.29. The first kappa shape index (κ1) is 17.8. The van der Waals surface area contributed by atoms with Gasteiger partial charge >= 0.3 is 0 Å². The fourth-order valence-electron chi connectivity index (χ4n) is 4.29. The lowest BCUT2D eigenvalue weighted by molar-refractivity contribution is -0.117. The lowest BCUT2D eigenvalue weighted by atomic mass is 10.1. The standard InChI is InChI=1S/C23H27N3O/c1-15(2)13-25-20-11-6-5-10-19(20)24-23(25)18-12-21(27)26(14-18)22-16(3)8-7-9-17(22)4/h5-11,15,18H,12-14H2,1-4H3. The number of rotatable bonds is 4. The number of hydrogen-bond donors (Lipinski definition) is 0. The molecule has 1 aromatic heterocycles. The molecule has 0 saturated carbocycles. The van der Waals surface area contributed by atoms with Gasteiger partial charge in [-0.2, -0.15) is 0 Å². The molecular weight excluding hydrogens is 334 g/mol. The van der Waals surface area contributed by atoms with Gasteiger partial charge in [0, 0.05) is 31.1 Å². The highest BCUT2D eigenvalue weighted by Crippen LogP contribution is 2.36. The van der Waals surface area contributed by atoms with Crippen LogP contribution in [0.1, 0.15) is 43.1 Å². The van der Waals surface area contributed by atoms with E-state index in [1.165, 1.54) is 5.52 Å². The second kappa shape index (κ2) is 6.84. The topological polar surface area (TPSA) is 38.1 Å². The van der Waals surface area contributed by atoms with E-state index in [0.29, 0.717) is 18.9 Å². The molecule has 1 atom stereocenters. The molecular formula is C23H27N3O. The van der Waals surface area contributed by atoms with Crippen molar-refractivity contribution in [2.75, 3.05) is 11.4 Å². The molecule has 1 aliphatic rings. The molecule has 2 aromatic carbocycles. The summed E-state index contributed by atoms with van der Waals surface area (Å²) in [6.45, 7) is 10.2. The third kappa shape index (κ3) is 3.14. The van der Waals surface area contributed by atoms with Crippen LogP contribution >= 0.6 is 0 Å². The minimum absolute atomic E-state index is 0.127. The zero-order valence-electron chi connectivity index (χ0n) is 16.6. The fraction of sp³-hybridized carbons (Fsp3) is 0.391. The summed E-state index contributed by atoms with van der Waals surface area (Å²) in [6.07, 6.45) is 0.523. The monoisotopic (exact) mass is 361 g/mol.